The van der Waals surface area contributed by atoms with Crippen molar-refractivity contribution in [3.63, 3.8) is 0 Å². The molecular weight excluding hydrogens is 534 g/mol. The minimum Gasteiger partial charge on any atom is -0.480 e. The third-order valence-electron chi connectivity index (χ3n) is 6.76. The number of aliphatic carboxylic acids is 1. The van der Waals surface area contributed by atoms with Gasteiger partial charge in [0.25, 0.3) is 11.8 Å². The van der Waals surface area contributed by atoms with Crippen LogP contribution in [0.15, 0.2) is 60.9 Å². The molecule has 0 unspecified atom stereocenters. The number of carbonyl (C=O) groups excluding carboxylic acids is 3. The van der Waals surface area contributed by atoms with Crippen molar-refractivity contribution in [2.75, 3.05) is 0 Å². The van der Waals surface area contributed by atoms with E-state index in [2.05, 4.69) is 53.8 Å². The van der Waals surface area contributed by atoms with Crippen LogP contribution in [0.25, 0.3) is 11.4 Å². The highest BCUT2D eigenvalue weighted by atomic mass is 16.4. The van der Waals surface area contributed by atoms with Crippen LogP contribution in [0.3, 0.4) is 0 Å². The summed E-state index contributed by atoms with van der Waals surface area (Å²) in [6.07, 6.45) is 7.05. The summed E-state index contributed by atoms with van der Waals surface area (Å²) < 4.78 is 0. The van der Waals surface area contributed by atoms with Crippen LogP contribution >= 0.6 is 0 Å². The summed E-state index contributed by atoms with van der Waals surface area (Å²) in [5.41, 5.74) is 7.74. The molecule has 0 fully saturated rings. The van der Waals surface area contributed by atoms with Gasteiger partial charge in [-0.15, -0.1) is 0 Å². The van der Waals surface area contributed by atoms with E-state index in [9.17, 15) is 24.3 Å². The summed E-state index contributed by atoms with van der Waals surface area (Å²) in [5, 5.41) is 12.3. The highest BCUT2D eigenvalue weighted by molar-refractivity contribution is 5.97. The highest BCUT2D eigenvalue weighted by Crippen LogP contribution is 2.22. The smallest absolute Gasteiger partial charge is 0.326 e. The summed E-state index contributed by atoms with van der Waals surface area (Å²) >= 11 is 0. The number of nitrogens with one attached hydrogen (secondary N) is 3. The molecule has 222 valence electrons. The van der Waals surface area contributed by atoms with Crippen LogP contribution in [-0.4, -0.2) is 44.8 Å². The molecule has 0 radical (unpaired) electrons. The van der Waals surface area contributed by atoms with Crippen molar-refractivity contribution < 1.29 is 24.3 Å². The van der Waals surface area contributed by atoms with E-state index in [4.69, 9.17) is 0 Å². The van der Waals surface area contributed by atoms with Crippen molar-refractivity contribution in [2.24, 2.45) is 0 Å². The number of rotatable bonds is 12. The quantitative estimate of drug-likeness (QED) is 0.183. The van der Waals surface area contributed by atoms with E-state index in [1.807, 2.05) is 12.1 Å². The molecule has 3 amide bonds. The van der Waals surface area contributed by atoms with E-state index < -0.39 is 23.8 Å². The Morgan fingerprint density at radius 1 is 0.810 bits per heavy atom. The zero-order valence-corrected chi connectivity index (χ0v) is 24.6. The molecule has 42 heavy (non-hydrogen) atoms. The minimum atomic E-state index is -1.14. The van der Waals surface area contributed by atoms with Crippen molar-refractivity contribution in [3.05, 3.63) is 83.2 Å². The number of aromatic nitrogens is 2. The first kappa shape index (κ1) is 31.9. The Bertz CT molecular complexity index is 1360. The second kappa shape index (κ2) is 14.9. The Morgan fingerprint density at radius 3 is 2.02 bits per heavy atom. The first-order valence-electron chi connectivity index (χ1n) is 14.1. The van der Waals surface area contributed by atoms with Gasteiger partial charge in [0, 0.05) is 36.4 Å². The van der Waals surface area contributed by atoms with Crippen molar-refractivity contribution in [2.45, 2.75) is 77.7 Å². The zero-order chi connectivity index (χ0) is 30.7. The maximum Gasteiger partial charge on any atom is 0.326 e. The summed E-state index contributed by atoms with van der Waals surface area (Å²) in [6.45, 7) is 8.33. The number of carboxylic acid groups (broad SMARTS) is 1. The van der Waals surface area contributed by atoms with Gasteiger partial charge in [-0.05, 0) is 35.1 Å². The van der Waals surface area contributed by atoms with Crippen molar-refractivity contribution in [1.82, 2.24) is 26.1 Å². The lowest BCUT2D eigenvalue weighted by atomic mass is 9.86. The van der Waals surface area contributed by atoms with Crippen LogP contribution in [0.4, 0.5) is 0 Å². The van der Waals surface area contributed by atoms with Gasteiger partial charge in [0.05, 0.1) is 5.56 Å². The standard InChI is InChI=1S/C32H39N5O5/c1-5-6-7-8-9-27(38)36-37-30(40)24-19-33-28(34-20-24)22-12-10-21(11-13-22)18-26(31(41)42)35-29(39)23-14-16-25(17-15-23)32(2,3)4/h10-17,19-20,26H,5-9,18H2,1-4H3,(H,35,39)(H,36,38)(H,37,40)(H,41,42)/t26-/m0/s1. The molecule has 0 saturated carbocycles. The molecule has 1 aromatic heterocycles. The molecule has 0 spiro atoms. The molecule has 1 heterocycles. The third kappa shape index (κ3) is 9.50. The molecule has 2 aromatic carbocycles. The molecule has 1 atom stereocenters. The Morgan fingerprint density at radius 2 is 1.45 bits per heavy atom. The number of amides is 3. The summed E-state index contributed by atoms with van der Waals surface area (Å²) in [4.78, 5) is 57.3. The largest absolute Gasteiger partial charge is 0.480 e. The number of carbonyl (C=O) groups is 4. The van der Waals surface area contributed by atoms with Gasteiger partial charge in [0.15, 0.2) is 5.82 Å². The Hall–Kier alpha value is -4.60. The maximum atomic E-state index is 12.7. The molecule has 10 nitrogen and oxygen atoms in total. The van der Waals surface area contributed by atoms with Gasteiger partial charge in [-0.25, -0.2) is 14.8 Å². The summed E-state index contributed by atoms with van der Waals surface area (Å²) in [7, 11) is 0. The van der Waals surface area contributed by atoms with Gasteiger partial charge in [-0.3, -0.25) is 25.2 Å². The number of unbranched alkanes of at least 4 members (excludes halogenated alkanes) is 3. The second-order valence-electron chi connectivity index (χ2n) is 11.2. The van der Waals surface area contributed by atoms with Gasteiger partial charge >= 0.3 is 5.97 Å². The van der Waals surface area contributed by atoms with Gasteiger partial charge in [0.2, 0.25) is 5.91 Å². The molecule has 0 aliphatic heterocycles. The fourth-order valence-corrected chi connectivity index (χ4v) is 4.16. The Labute approximate surface area is 246 Å². The van der Waals surface area contributed by atoms with E-state index in [1.165, 1.54) is 12.4 Å². The second-order valence-corrected chi connectivity index (χ2v) is 11.2. The fraction of sp³-hybridized carbons (Fsp3) is 0.375. The molecule has 0 aliphatic carbocycles. The predicted octanol–water partition coefficient (Wildman–Crippen LogP) is 4.60. The van der Waals surface area contributed by atoms with E-state index in [1.54, 1.807) is 36.4 Å². The van der Waals surface area contributed by atoms with E-state index >= 15 is 0 Å². The molecule has 3 rings (SSSR count). The number of carboxylic acids is 1. The SMILES string of the molecule is CCCCCCC(=O)NNC(=O)c1cnc(-c2ccc(C[C@H](NC(=O)c3ccc(C(C)(C)C)cc3)C(=O)O)cc2)nc1. The minimum absolute atomic E-state index is 0.0570. The first-order valence-corrected chi connectivity index (χ1v) is 14.1. The molecule has 3 aromatic rings. The molecule has 10 heteroatoms. The van der Waals surface area contributed by atoms with Crippen LogP contribution in [0.2, 0.25) is 0 Å². The Balaban J connectivity index is 1.55. The molecule has 0 saturated heterocycles. The van der Waals surface area contributed by atoms with Gasteiger partial charge < -0.3 is 10.4 Å². The van der Waals surface area contributed by atoms with E-state index in [-0.39, 0.29) is 23.3 Å². The molecule has 0 bridgehead atoms. The molecule has 0 aliphatic rings. The number of hydrazine groups is 1. The average Bonchev–Trinajstić information content (AvgIpc) is 2.97. The van der Waals surface area contributed by atoms with Crippen LogP contribution in [0.1, 0.15) is 91.6 Å². The van der Waals surface area contributed by atoms with Gasteiger partial charge in [0.1, 0.15) is 6.04 Å². The van der Waals surface area contributed by atoms with Crippen LogP contribution in [0, 0.1) is 0 Å². The number of benzene rings is 2. The summed E-state index contributed by atoms with van der Waals surface area (Å²) in [5.74, 6) is -1.99. The molecular formula is C32H39N5O5. The van der Waals surface area contributed by atoms with E-state index in [0.717, 1.165) is 31.2 Å². The summed E-state index contributed by atoms with van der Waals surface area (Å²) in [6, 6.07) is 13.0. The van der Waals surface area contributed by atoms with E-state index in [0.29, 0.717) is 28.9 Å². The monoisotopic (exact) mass is 573 g/mol. The van der Waals surface area contributed by atoms with Crippen LogP contribution in [-0.2, 0) is 21.4 Å². The fourth-order valence-electron chi connectivity index (χ4n) is 4.16. The number of hydrogen-bond donors (Lipinski definition) is 4. The van der Waals surface area contributed by atoms with Crippen molar-refractivity contribution >= 4 is 23.7 Å². The van der Waals surface area contributed by atoms with Gasteiger partial charge in [-0.2, -0.15) is 0 Å². The lowest BCUT2D eigenvalue weighted by molar-refractivity contribution is -0.139. The van der Waals surface area contributed by atoms with Crippen molar-refractivity contribution in [3.8, 4) is 11.4 Å². The maximum absolute atomic E-state index is 12.7. The number of hydrogen-bond acceptors (Lipinski definition) is 6. The number of nitrogens with zero attached hydrogens (tertiary/aromatic N) is 2. The topological polar surface area (TPSA) is 150 Å². The third-order valence-corrected chi connectivity index (χ3v) is 6.76. The zero-order valence-electron chi connectivity index (χ0n) is 24.6. The Kier molecular flexibility index (Phi) is 11.3. The molecule has 4 N–H and O–H groups in total. The van der Waals surface area contributed by atoms with Crippen LogP contribution in [0.5, 0.6) is 0 Å². The first-order chi connectivity index (χ1) is 20.0. The predicted molar refractivity (Wildman–Crippen MR) is 160 cm³/mol. The van der Waals surface area contributed by atoms with Crippen LogP contribution < -0.4 is 16.2 Å². The van der Waals surface area contributed by atoms with Crippen molar-refractivity contribution in [1.29, 1.82) is 0 Å². The lowest BCUT2D eigenvalue weighted by Gasteiger charge is -2.19. The average molecular weight is 574 g/mol. The normalized spacial score (nSPS) is 11.8. The highest BCUT2D eigenvalue weighted by Gasteiger charge is 2.22. The lowest BCUT2D eigenvalue weighted by Crippen LogP contribution is -2.42. The van der Waals surface area contributed by atoms with Gasteiger partial charge in [-0.1, -0.05) is 83.4 Å².